The fourth-order valence-corrected chi connectivity index (χ4v) is 0.598. The Morgan fingerprint density at radius 3 is 2.78 bits per heavy atom. The molecule has 0 saturated heterocycles. The molecule has 0 radical (unpaired) electrons. The first-order valence-electron chi connectivity index (χ1n) is 2.78. The van der Waals surface area contributed by atoms with E-state index in [2.05, 4.69) is 10.3 Å². The minimum Gasteiger partial charge on any atom is -0.291 e. The van der Waals surface area contributed by atoms with E-state index in [4.69, 9.17) is 0 Å². The fourth-order valence-electron chi connectivity index (χ4n) is 0.598. The van der Waals surface area contributed by atoms with Gasteiger partial charge in [0.05, 0.1) is 12.9 Å². The molecule has 1 heterocycles. The van der Waals surface area contributed by atoms with E-state index < -0.39 is 0 Å². The second-order valence-electron chi connectivity index (χ2n) is 2.16. The molecule has 0 aromatic carbocycles. The molecule has 0 bridgehead atoms. The Labute approximate surface area is 54.1 Å². The molecule has 0 atom stereocenters. The van der Waals surface area contributed by atoms with E-state index >= 15 is 0 Å². The molecular formula is C5H10N4. The van der Waals surface area contributed by atoms with Crippen molar-refractivity contribution >= 4 is 0 Å². The normalized spacial score (nSPS) is 10.6. The molecule has 0 saturated carbocycles. The molecule has 1 rings (SSSR count). The number of hydrogen-bond acceptors (Lipinski definition) is 3. The van der Waals surface area contributed by atoms with Crippen LogP contribution in [0.25, 0.3) is 0 Å². The predicted octanol–water partition coefficient (Wildman–Crippen LogP) is -0.203. The first-order valence-corrected chi connectivity index (χ1v) is 2.78. The third-order valence-corrected chi connectivity index (χ3v) is 0.900. The van der Waals surface area contributed by atoms with Crippen LogP contribution in [0.3, 0.4) is 0 Å². The largest absolute Gasteiger partial charge is 0.291 e. The lowest BCUT2D eigenvalue weighted by atomic mass is 10.8. The predicted molar refractivity (Wildman–Crippen MR) is 33.7 cm³/mol. The van der Waals surface area contributed by atoms with E-state index in [1.165, 1.54) is 0 Å². The van der Waals surface area contributed by atoms with Crippen LogP contribution in [-0.4, -0.2) is 34.0 Å². The second-order valence-corrected chi connectivity index (χ2v) is 2.16. The van der Waals surface area contributed by atoms with E-state index in [1.807, 2.05) is 25.2 Å². The topological polar surface area (TPSA) is 34.0 Å². The third kappa shape index (κ3) is 1.81. The van der Waals surface area contributed by atoms with Crippen molar-refractivity contribution in [3.05, 3.63) is 12.4 Å². The Balaban J connectivity index is 2.48. The van der Waals surface area contributed by atoms with Gasteiger partial charge in [0.15, 0.2) is 0 Å². The average Bonchev–Trinajstić information content (AvgIpc) is 2.15. The van der Waals surface area contributed by atoms with Gasteiger partial charge in [0.1, 0.15) is 0 Å². The monoisotopic (exact) mass is 126 g/mol. The van der Waals surface area contributed by atoms with Crippen LogP contribution in [0.4, 0.5) is 0 Å². The van der Waals surface area contributed by atoms with Gasteiger partial charge in [-0.15, -0.1) is 5.10 Å². The highest BCUT2D eigenvalue weighted by molar-refractivity contribution is 4.62. The zero-order valence-electron chi connectivity index (χ0n) is 5.65. The van der Waals surface area contributed by atoms with Gasteiger partial charge in [0.25, 0.3) is 0 Å². The van der Waals surface area contributed by atoms with Gasteiger partial charge in [-0.2, -0.15) is 0 Å². The molecule has 9 heavy (non-hydrogen) atoms. The quantitative estimate of drug-likeness (QED) is 0.550. The van der Waals surface area contributed by atoms with Gasteiger partial charge in [-0.05, 0) is 14.1 Å². The molecule has 0 fully saturated rings. The van der Waals surface area contributed by atoms with Crippen LogP contribution >= 0.6 is 0 Å². The summed E-state index contributed by atoms with van der Waals surface area (Å²) in [4.78, 5) is 2.02. The van der Waals surface area contributed by atoms with Crippen LogP contribution in [0.1, 0.15) is 0 Å². The Morgan fingerprint density at radius 1 is 1.56 bits per heavy atom. The molecule has 50 valence electrons. The maximum atomic E-state index is 3.78. The average molecular weight is 126 g/mol. The molecule has 0 unspecified atom stereocenters. The number of hydrogen-bond donors (Lipinski definition) is 0. The molecule has 0 amide bonds. The standard InChI is InChI=1S/C5H10N4/c1-8(2)5-9-4-3-6-7-9/h3-4H,5H2,1-2H3. The first kappa shape index (κ1) is 6.22. The van der Waals surface area contributed by atoms with Gasteiger partial charge in [-0.1, -0.05) is 5.21 Å². The van der Waals surface area contributed by atoms with Crippen molar-refractivity contribution in [1.82, 2.24) is 19.9 Å². The van der Waals surface area contributed by atoms with Crippen molar-refractivity contribution in [2.24, 2.45) is 0 Å². The van der Waals surface area contributed by atoms with E-state index in [0.29, 0.717) is 0 Å². The number of nitrogens with zero attached hydrogens (tertiary/aromatic N) is 4. The fraction of sp³-hybridized carbons (Fsp3) is 0.600. The van der Waals surface area contributed by atoms with Crippen LogP contribution in [0.2, 0.25) is 0 Å². The molecule has 0 spiro atoms. The van der Waals surface area contributed by atoms with E-state index in [-0.39, 0.29) is 0 Å². The number of rotatable bonds is 2. The molecule has 1 aromatic rings. The molecule has 0 aliphatic carbocycles. The smallest absolute Gasteiger partial charge is 0.0941 e. The summed E-state index contributed by atoms with van der Waals surface area (Å²) in [6.45, 7) is 0.792. The Bertz CT molecular complexity index is 155. The maximum Gasteiger partial charge on any atom is 0.0941 e. The second kappa shape index (κ2) is 2.59. The minimum absolute atomic E-state index is 0.792. The lowest BCUT2D eigenvalue weighted by Gasteiger charge is -2.07. The zero-order chi connectivity index (χ0) is 6.69. The Morgan fingerprint density at radius 2 is 2.33 bits per heavy atom. The summed E-state index contributed by atoms with van der Waals surface area (Å²) < 4.78 is 1.76. The van der Waals surface area contributed by atoms with Crippen LogP contribution in [-0.2, 0) is 6.67 Å². The van der Waals surface area contributed by atoms with Crippen molar-refractivity contribution in [3.63, 3.8) is 0 Å². The van der Waals surface area contributed by atoms with Crippen molar-refractivity contribution in [3.8, 4) is 0 Å². The van der Waals surface area contributed by atoms with Gasteiger partial charge < -0.3 is 0 Å². The summed E-state index contributed by atoms with van der Waals surface area (Å²) in [5.41, 5.74) is 0. The summed E-state index contributed by atoms with van der Waals surface area (Å²) in [6, 6.07) is 0. The third-order valence-electron chi connectivity index (χ3n) is 0.900. The van der Waals surface area contributed by atoms with Crippen LogP contribution in [0, 0.1) is 0 Å². The molecule has 0 aliphatic rings. The summed E-state index contributed by atoms with van der Waals surface area (Å²) in [6.07, 6.45) is 3.50. The highest BCUT2D eigenvalue weighted by Gasteiger charge is 1.90. The van der Waals surface area contributed by atoms with Crippen LogP contribution in [0.5, 0.6) is 0 Å². The summed E-state index contributed by atoms with van der Waals surface area (Å²) in [5.74, 6) is 0. The van der Waals surface area contributed by atoms with Crippen LogP contribution in [0.15, 0.2) is 12.4 Å². The maximum absolute atomic E-state index is 3.78. The summed E-state index contributed by atoms with van der Waals surface area (Å²) >= 11 is 0. The van der Waals surface area contributed by atoms with E-state index in [9.17, 15) is 0 Å². The van der Waals surface area contributed by atoms with Gasteiger partial charge in [0, 0.05) is 6.20 Å². The highest BCUT2D eigenvalue weighted by Crippen LogP contribution is 1.81. The minimum atomic E-state index is 0.792. The molecule has 4 heteroatoms. The molecule has 1 aromatic heterocycles. The molecular weight excluding hydrogens is 116 g/mol. The lowest BCUT2D eigenvalue weighted by molar-refractivity contribution is 0.303. The van der Waals surface area contributed by atoms with Gasteiger partial charge in [-0.25, -0.2) is 4.68 Å². The SMILES string of the molecule is CN(C)Cn1ccnn1. The first-order chi connectivity index (χ1) is 4.29. The van der Waals surface area contributed by atoms with Crippen molar-refractivity contribution in [2.75, 3.05) is 14.1 Å². The van der Waals surface area contributed by atoms with Gasteiger partial charge in [-0.3, -0.25) is 4.90 Å². The van der Waals surface area contributed by atoms with E-state index in [1.54, 1.807) is 10.9 Å². The lowest BCUT2D eigenvalue weighted by Crippen LogP contribution is -2.17. The van der Waals surface area contributed by atoms with Crippen molar-refractivity contribution < 1.29 is 0 Å². The van der Waals surface area contributed by atoms with E-state index in [0.717, 1.165) is 6.67 Å². The molecule has 4 nitrogen and oxygen atoms in total. The van der Waals surface area contributed by atoms with Gasteiger partial charge in [0.2, 0.25) is 0 Å². The highest BCUT2D eigenvalue weighted by atomic mass is 15.5. The van der Waals surface area contributed by atoms with Crippen molar-refractivity contribution in [1.29, 1.82) is 0 Å². The summed E-state index contributed by atoms with van der Waals surface area (Å²) in [5, 5.41) is 7.44. The Kier molecular flexibility index (Phi) is 1.79. The Hall–Kier alpha value is -0.900. The van der Waals surface area contributed by atoms with Crippen molar-refractivity contribution in [2.45, 2.75) is 6.67 Å². The zero-order valence-corrected chi connectivity index (χ0v) is 5.65. The summed E-state index contributed by atoms with van der Waals surface area (Å²) in [7, 11) is 3.98. The van der Waals surface area contributed by atoms with Gasteiger partial charge >= 0.3 is 0 Å². The number of aromatic nitrogens is 3. The van der Waals surface area contributed by atoms with Crippen LogP contribution < -0.4 is 0 Å². The molecule has 0 N–H and O–H groups in total. The molecule has 0 aliphatic heterocycles.